The van der Waals surface area contributed by atoms with E-state index in [0.717, 1.165) is 22.4 Å². The fourth-order valence-corrected chi connectivity index (χ4v) is 3.93. The summed E-state index contributed by atoms with van der Waals surface area (Å²) in [6.45, 7) is 11.8. The van der Waals surface area contributed by atoms with E-state index in [2.05, 4.69) is 34.6 Å². The number of aliphatic hydroxyl groups is 1. The number of aliphatic hydroxyl groups excluding tert-OH is 1. The van der Waals surface area contributed by atoms with Crippen molar-refractivity contribution < 1.29 is 5.11 Å². The van der Waals surface area contributed by atoms with Crippen molar-refractivity contribution >= 4 is 9.52 Å². The van der Waals surface area contributed by atoms with Crippen molar-refractivity contribution in [1.82, 2.24) is 0 Å². The summed E-state index contributed by atoms with van der Waals surface area (Å²) >= 11 is 0. The standard InChI is InChI=1S/C10H22OSi/c1-9(2,3)12-10(4,5)7-6-8-11/h11H,6-8H2,1-5H3. The lowest BCUT2D eigenvalue weighted by Gasteiger charge is -2.31. The molecule has 0 aromatic heterocycles. The van der Waals surface area contributed by atoms with Crippen LogP contribution in [0.15, 0.2) is 0 Å². The first kappa shape index (κ1) is 12.2. The van der Waals surface area contributed by atoms with E-state index in [4.69, 9.17) is 5.11 Å². The quantitative estimate of drug-likeness (QED) is 0.669. The molecule has 0 saturated carbocycles. The Labute approximate surface area is 79.4 Å². The monoisotopic (exact) mass is 186 g/mol. The van der Waals surface area contributed by atoms with Crippen LogP contribution in [0.25, 0.3) is 0 Å². The Morgan fingerprint density at radius 1 is 1.08 bits per heavy atom. The molecule has 0 aromatic carbocycles. The predicted molar refractivity (Wildman–Crippen MR) is 55.8 cm³/mol. The second-order valence-electron chi connectivity index (χ2n) is 5.09. The normalized spacial score (nSPS) is 13.5. The largest absolute Gasteiger partial charge is 0.396 e. The van der Waals surface area contributed by atoms with E-state index in [1.807, 2.05) is 0 Å². The first-order valence-corrected chi connectivity index (χ1v) is 5.67. The molecule has 1 N–H and O–H groups in total. The van der Waals surface area contributed by atoms with Crippen molar-refractivity contribution in [3.63, 3.8) is 0 Å². The average molecular weight is 186 g/mol. The van der Waals surface area contributed by atoms with Crippen LogP contribution in [0.1, 0.15) is 47.5 Å². The van der Waals surface area contributed by atoms with Gasteiger partial charge in [-0.2, -0.15) is 0 Å². The van der Waals surface area contributed by atoms with Crippen LogP contribution in [0, 0.1) is 0 Å². The highest BCUT2D eigenvalue weighted by Gasteiger charge is 2.25. The molecular weight excluding hydrogens is 164 g/mol. The molecule has 0 aliphatic carbocycles. The molecule has 0 aliphatic heterocycles. The van der Waals surface area contributed by atoms with Gasteiger partial charge in [-0.25, -0.2) is 0 Å². The van der Waals surface area contributed by atoms with Gasteiger partial charge in [0.05, 0.1) is 9.52 Å². The maximum atomic E-state index is 8.73. The molecule has 0 aliphatic rings. The number of hydrogen-bond acceptors (Lipinski definition) is 1. The van der Waals surface area contributed by atoms with E-state index in [9.17, 15) is 0 Å². The topological polar surface area (TPSA) is 20.2 Å². The van der Waals surface area contributed by atoms with E-state index in [1.54, 1.807) is 0 Å². The van der Waals surface area contributed by atoms with E-state index in [0.29, 0.717) is 16.7 Å². The van der Waals surface area contributed by atoms with E-state index in [-0.39, 0.29) is 0 Å². The molecule has 12 heavy (non-hydrogen) atoms. The Kier molecular flexibility index (Phi) is 4.49. The number of rotatable bonds is 4. The summed E-state index contributed by atoms with van der Waals surface area (Å²) in [4.78, 5) is 0. The molecule has 0 rings (SSSR count). The summed E-state index contributed by atoms with van der Waals surface area (Å²) in [6, 6.07) is 0. The van der Waals surface area contributed by atoms with Gasteiger partial charge in [0.2, 0.25) is 0 Å². The second kappa shape index (κ2) is 4.42. The van der Waals surface area contributed by atoms with Gasteiger partial charge in [0.15, 0.2) is 0 Å². The fraction of sp³-hybridized carbons (Fsp3) is 1.00. The molecule has 0 saturated heterocycles. The molecule has 0 spiro atoms. The van der Waals surface area contributed by atoms with Gasteiger partial charge < -0.3 is 5.11 Å². The Morgan fingerprint density at radius 3 is 1.92 bits per heavy atom. The molecule has 1 nitrogen and oxygen atoms in total. The highest BCUT2D eigenvalue weighted by atomic mass is 28.2. The van der Waals surface area contributed by atoms with E-state index in [1.165, 1.54) is 0 Å². The molecule has 2 radical (unpaired) electrons. The first-order valence-electron chi connectivity index (χ1n) is 4.67. The second-order valence-corrected chi connectivity index (χ2v) is 8.19. The Morgan fingerprint density at radius 2 is 1.58 bits per heavy atom. The lowest BCUT2D eigenvalue weighted by Crippen LogP contribution is -2.22. The molecular formula is C10H22OSi. The van der Waals surface area contributed by atoms with Gasteiger partial charge in [0.1, 0.15) is 0 Å². The summed E-state index contributed by atoms with van der Waals surface area (Å²) < 4.78 is 0. The third kappa shape index (κ3) is 6.86. The molecule has 0 unspecified atom stereocenters. The maximum Gasteiger partial charge on any atom is 0.0514 e. The van der Waals surface area contributed by atoms with E-state index < -0.39 is 0 Å². The van der Waals surface area contributed by atoms with Gasteiger partial charge in [-0.1, -0.05) is 34.6 Å². The lowest BCUT2D eigenvalue weighted by atomic mass is 10.1. The van der Waals surface area contributed by atoms with Crippen molar-refractivity contribution in [2.24, 2.45) is 0 Å². The minimum Gasteiger partial charge on any atom is -0.396 e. The number of hydrogen-bond donors (Lipinski definition) is 1. The third-order valence-corrected chi connectivity index (χ3v) is 3.35. The Hall–Kier alpha value is 0.177. The van der Waals surface area contributed by atoms with Gasteiger partial charge in [0, 0.05) is 6.61 Å². The lowest BCUT2D eigenvalue weighted by molar-refractivity contribution is 0.277. The summed E-state index contributed by atoms with van der Waals surface area (Å²) in [6.07, 6.45) is 2.08. The molecule has 2 heteroatoms. The van der Waals surface area contributed by atoms with Gasteiger partial charge in [-0.3, -0.25) is 0 Å². The highest BCUT2D eigenvalue weighted by Crippen LogP contribution is 2.38. The van der Waals surface area contributed by atoms with Crippen LogP contribution < -0.4 is 0 Å². The smallest absolute Gasteiger partial charge is 0.0514 e. The van der Waals surface area contributed by atoms with Crippen molar-refractivity contribution in [2.75, 3.05) is 6.61 Å². The first-order chi connectivity index (χ1) is 5.27. The summed E-state index contributed by atoms with van der Waals surface area (Å²) in [5, 5.41) is 9.56. The van der Waals surface area contributed by atoms with Gasteiger partial charge in [-0.15, -0.1) is 0 Å². The van der Waals surface area contributed by atoms with Crippen molar-refractivity contribution in [3.05, 3.63) is 0 Å². The highest BCUT2D eigenvalue weighted by molar-refractivity contribution is 6.43. The summed E-state index contributed by atoms with van der Waals surface area (Å²) in [5.74, 6) is 0. The molecule has 0 amide bonds. The van der Waals surface area contributed by atoms with Crippen LogP contribution >= 0.6 is 0 Å². The minimum absolute atomic E-state index is 0.331. The summed E-state index contributed by atoms with van der Waals surface area (Å²) in [5.41, 5.74) is 0. The van der Waals surface area contributed by atoms with Gasteiger partial charge in [0.25, 0.3) is 0 Å². The predicted octanol–water partition coefficient (Wildman–Crippen LogP) is 2.88. The zero-order valence-corrected chi connectivity index (χ0v) is 10.1. The van der Waals surface area contributed by atoms with Crippen LogP contribution in [-0.2, 0) is 0 Å². The molecule has 0 atom stereocenters. The van der Waals surface area contributed by atoms with Crippen LogP contribution in [0.3, 0.4) is 0 Å². The zero-order valence-electron chi connectivity index (χ0n) is 9.07. The minimum atomic E-state index is 0.331. The van der Waals surface area contributed by atoms with Crippen molar-refractivity contribution in [1.29, 1.82) is 0 Å². The van der Waals surface area contributed by atoms with E-state index >= 15 is 0 Å². The van der Waals surface area contributed by atoms with Crippen molar-refractivity contribution in [2.45, 2.75) is 57.5 Å². The van der Waals surface area contributed by atoms with Crippen LogP contribution in [0.4, 0.5) is 0 Å². The SMILES string of the molecule is CC(C)(C)[Si]C(C)(C)CCCO. The van der Waals surface area contributed by atoms with Crippen molar-refractivity contribution in [3.8, 4) is 0 Å². The van der Waals surface area contributed by atoms with Gasteiger partial charge in [-0.05, 0) is 22.9 Å². The maximum absolute atomic E-state index is 8.73. The molecule has 0 bridgehead atoms. The molecule has 0 fully saturated rings. The molecule has 0 heterocycles. The summed E-state index contributed by atoms with van der Waals surface area (Å²) in [7, 11) is 0.967. The molecule has 0 aromatic rings. The fourth-order valence-electron chi connectivity index (χ4n) is 1.60. The third-order valence-electron chi connectivity index (χ3n) is 1.67. The van der Waals surface area contributed by atoms with Crippen LogP contribution in [-0.4, -0.2) is 21.2 Å². The van der Waals surface area contributed by atoms with Crippen LogP contribution in [0.5, 0.6) is 0 Å². The average Bonchev–Trinajstić information content (AvgIpc) is 1.78. The Balaban J connectivity index is 3.86. The zero-order chi connectivity index (χ0) is 9.83. The Bertz CT molecular complexity index is 124. The van der Waals surface area contributed by atoms with Crippen LogP contribution in [0.2, 0.25) is 10.1 Å². The molecule has 72 valence electrons. The van der Waals surface area contributed by atoms with Gasteiger partial charge >= 0.3 is 0 Å².